The van der Waals surface area contributed by atoms with Gasteiger partial charge in [0.1, 0.15) is 0 Å². The number of benzene rings is 1. The molecule has 36 heavy (non-hydrogen) atoms. The van der Waals surface area contributed by atoms with Crippen LogP contribution in [0.1, 0.15) is 66.0 Å². The van der Waals surface area contributed by atoms with Crippen molar-refractivity contribution in [2.45, 2.75) is 78.2 Å². The van der Waals surface area contributed by atoms with E-state index in [0.29, 0.717) is 13.1 Å². The van der Waals surface area contributed by atoms with Crippen molar-refractivity contribution in [3.05, 3.63) is 73.5 Å². The molecule has 0 saturated carbocycles. The number of ether oxygens (including phenoxy) is 1. The molecule has 0 bridgehead atoms. The molecule has 0 unspecified atom stereocenters. The Balaban J connectivity index is 1.51. The molecule has 5 rings (SSSR count). The average Bonchev–Trinajstić information content (AvgIpc) is 3.65. The lowest BCUT2D eigenvalue weighted by Gasteiger charge is -2.30. The summed E-state index contributed by atoms with van der Waals surface area (Å²) in [4.78, 5) is 20.0. The second-order valence-electron chi connectivity index (χ2n) is 9.74. The molecule has 1 N–H and O–H groups in total. The maximum Gasteiger partial charge on any atom is 0.252 e. The van der Waals surface area contributed by atoms with Gasteiger partial charge in [0.15, 0.2) is 5.82 Å². The first-order valence-electron chi connectivity index (χ1n) is 12.8. The Hall–Kier alpha value is -2.88. The van der Waals surface area contributed by atoms with Gasteiger partial charge in [-0.3, -0.25) is 9.69 Å². The summed E-state index contributed by atoms with van der Waals surface area (Å²) >= 11 is 1.73. The van der Waals surface area contributed by atoms with Gasteiger partial charge in [-0.25, -0.2) is 4.68 Å². The quantitative estimate of drug-likeness (QED) is 0.329. The van der Waals surface area contributed by atoms with Gasteiger partial charge in [0.05, 0.1) is 24.2 Å². The minimum Gasteiger partial charge on any atom is -0.376 e. The summed E-state index contributed by atoms with van der Waals surface area (Å²) in [5, 5.41) is 16.0. The van der Waals surface area contributed by atoms with Crippen molar-refractivity contribution in [1.29, 1.82) is 0 Å². The summed E-state index contributed by atoms with van der Waals surface area (Å²) in [7, 11) is 0. The van der Waals surface area contributed by atoms with Crippen LogP contribution in [0, 0.1) is 13.8 Å². The number of tetrazole rings is 1. The van der Waals surface area contributed by atoms with Gasteiger partial charge in [-0.05, 0) is 77.6 Å². The molecule has 3 aromatic heterocycles. The third-order valence-electron chi connectivity index (χ3n) is 7.20. The summed E-state index contributed by atoms with van der Waals surface area (Å²) in [6.07, 6.45) is 4.12. The molecule has 1 aliphatic rings. The molecule has 4 aromatic rings. The van der Waals surface area contributed by atoms with Gasteiger partial charge in [-0.15, -0.1) is 16.4 Å². The highest BCUT2D eigenvalue weighted by Crippen LogP contribution is 2.30. The average molecular weight is 507 g/mol. The Morgan fingerprint density at radius 1 is 1.28 bits per heavy atom. The Kier molecular flexibility index (Phi) is 7.59. The fraction of sp³-hybridized carbons (Fsp3) is 0.481. The fourth-order valence-corrected chi connectivity index (χ4v) is 5.82. The van der Waals surface area contributed by atoms with Crippen molar-refractivity contribution in [3.63, 3.8) is 0 Å². The Labute approximate surface area is 215 Å². The first kappa shape index (κ1) is 24.8. The van der Waals surface area contributed by atoms with Crippen molar-refractivity contribution < 1.29 is 4.74 Å². The number of nitrogens with zero attached hydrogens (tertiary/aromatic N) is 5. The SMILES string of the molecule is CCC[C@@H](c1nnnn1C[C@H]1CCCO1)N(Cc1cccs1)Cc1cc2ccc(C)c(C)c2[nH]c1=O. The number of H-pyrrole nitrogens is 1. The maximum absolute atomic E-state index is 13.3. The van der Waals surface area contributed by atoms with Gasteiger partial charge in [0, 0.05) is 30.1 Å². The fourth-order valence-electron chi connectivity index (χ4n) is 5.10. The van der Waals surface area contributed by atoms with E-state index in [9.17, 15) is 4.79 Å². The molecule has 1 aromatic carbocycles. The van der Waals surface area contributed by atoms with Crippen LogP contribution < -0.4 is 5.56 Å². The minimum absolute atomic E-state index is 0.0247. The normalized spacial score (nSPS) is 16.8. The molecule has 190 valence electrons. The molecular weight excluding hydrogens is 472 g/mol. The lowest BCUT2D eigenvalue weighted by Crippen LogP contribution is -2.33. The lowest BCUT2D eigenvalue weighted by atomic mass is 10.0. The van der Waals surface area contributed by atoms with Gasteiger partial charge in [-0.2, -0.15) is 0 Å². The van der Waals surface area contributed by atoms with Crippen molar-refractivity contribution >= 4 is 22.2 Å². The molecule has 8 nitrogen and oxygen atoms in total. The number of rotatable bonds is 10. The number of hydrogen-bond donors (Lipinski definition) is 1. The van der Waals surface area contributed by atoms with Crippen LogP contribution in [0.4, 0.5) is 0 Å². The van der Waals surface area contributed by atoms with Gasteiger partial charge >= 0.3 is 0 Å². The zero-order valence-corrected chi connectivity index (χ0v) is 22.1. The van der Waals surface area contributed by atoms with Crippen LogP contribution in [0.5, 0.6) is 0 Å². The third-order valence-corrected chi connectivity index (χ3v) is 8.06. The van der Waals surface area contributed by atoms with Crippen molar-refractivity contribution in [1.82, 2.24) is 30.1 Å². The minimum atomic E-state index is -0.0402. The second kappa shape index (κ2) is 11.0. The van der Waals surface area contributed by atoms with Gasteiger partial charge in [-0.1, -0.05) is 31.5 Å². The molecule has 4 heterocycles. The first-order valence-corrected chi connectivity index (χ1v) is 13.7. The van der Waals surface area contributed by atoms with Crippen molar-refractivity contribution in [2.24, 2.45) is 0 Å². The number of aromatic nitrogens is 5. The summed E-state index contributed by atoms with van der Waals surface area (Å²) in [5.74, 6) is 0.840. The Morgan fingerprint density at radius 2 is 2.17 bits per heavy atom. The van der Waals surface area contributed by atoms with Gasteiger partial charge < -0.3 is 9.72 Å². The number of aryl methyl sites for hydroxylation is 2. The van der Waals surface area contributed by atoms with Crippen LogP contribution >= 0.6 is 11.3 Å². The number of aromatic amines is 1. The van der Waals surface area contributed by atoms with Crippen LogP contribution in [0.15, 0.2) is 40.5 Å². The topological polar surface area (TPSA) is 88.9 Å². The summed E-state index contributed by atoms with van der Waals surface area (Å²) in [6, 6.07) is 10.4. The van der Waals surface area contributed by atoms with E-state index in [0.717, 1.165) is 66.7 Å². The monoisotopic (exact) mass is 506 g/mol. The largest absolute Gasteiger partial charge is 0.376 e. The van der Waals surface area contributed by atoms with Crippen LogP contribution in [0.25, 0.3) is 10.9 Å². The van der Waals surface area contributed by atoms with E-state index in [1.54, 1.807) is 11.3 Å². The van der Waals surface area contributed by atoms with E-state index in [4.69, 9.17) is 4.74 Å². The Bertz CT molecular complexity index is 1360. The van der Waals surface area contributed by atoms with Crippen LogP contribution in [0.3, 0.4) is 0 Å². The number of nitrogens with one attached hydrogen (secondary N) is 1. The molecule has 0 aliphatic carbocycles. The van der Waals surface area contributed by atoms with E-state index in [-0.39, 0.29) is 17.7 Å². The zero-order valence-electron chi connectivity index (χ0n) is 21.2. The van der Waals surface area contributed by atoms with Crippen LogP contribution in [-0.2, 0) is 24.4 Å². The van der Waals surface area contributed by atoms with E-state index in [1.165, 1.54) is 10.4 Å². The zero-order chi connectivity index (χ0) is 25.1. The molecule has 0 spiro atoms. The molecule has 1 saturated heterocycles. The molecule has 9 heteroatoms. The van der Waals surface area contributed by atoms with E-state index in [1.807, 2.05) is 10.7 Å². The first-order chi connectivity index (χ1) is 17.5. The Morgan fingerprint density at radius 3 is 2.92 bits per heavy atom. The van der Waals surface area contributed by atoms with E-state index in [2.05, 4.69) is 75.8 Å². The summed E-state index contributed by atoms with van der Waals surface area (Å²) in [6.45, 7) is 8.99. The molecule has 2 atom stereocenters. The van der Waals surface area contributed by atoms with Gasteiger partial charge in [0.25, 0.3) is 5.56 Å². The molecule has 1 fully saturated rings. The number of pyridine rings is 1. The van der Waals surface area contributed by atoms with Crippen molar-refractivity contribution in [2.75, 3.05) is 6.61 Å². The third kappa shape index (κ3) is 5.28. The van der Waals surface area contributed by atoms with E-state index >= 15 is 0 Å². The molecule has 0 amide bonds. The highest BCUT2D eigenvalue weighted by molar-refractivity contribution is 7.09. The molecule has 1 aliphatic heterocycles. The molecular formula is C27H34N6O2S. The van der Waals surface area contributed by atoms with Crippen molar-refractivity contribution in [3.8, 4) is 0 Å². The summed E-state index contributed by atoms with van der Waals surface area (Å²) in [5.41, 5.74) is 3.91. The number of fused-ring (bicyclic) bond motifs is 1. The van der Waals surface area contributed by atoms with Gasteiger partial charge in [0.2, 0.25) is 0 Å². The van der Waals surface area contributed by atoms with Crippen LogP contribution in [-0.4, -0.2) is 42.8 Å². The second-order valence-corrected chi connectivity index (χ2v) is 10.8. The highest BCUT2D eigenvalue weighted by atomic mass is 32.1. The lowest BCUT2D eigenvalue weighted by molar-refractivity contribution is 0.0885. The number of hydrogen-bond acceptors (Lipinski definition) is 7. The standard InChI is InChI=1S/C27H34N6O2S/c1-4-7-24(26-29-30-31-33(26)16-22-8-5-12-35-22)32(17-23-9-6-13-36-23)15-21-14-20-11-10-18(2)19(3)25(20)28-27(21)34/h6,9-11,13-14,22,24H,4-5,7-8,12,15-17H2,1-3H3,(H,28,34)/t22-,24+/m1/s1. The highest BCUT2D eigenvalue weighted by Gasteiger charge is 2.28. The smallest absolute Gasteiger partial charge is 0.252 e. The van der Waals surface area contributed by atoms with E-state index < -0.39 is 0 Å². The molecule has 0 radical (unpaired) electrons. The predicted molar refractivity (Wildman–Crippen MR) is 142 cm³/mol. The number of thiophene rings is 1. The predicted octanol–water partition coefficient (Wildman–Crippen LogP) is 4.92. The summed E-state index contributed by atoms with van der Waals surface area (Å²) < 4.78 is 7.77. The maximum atomic E-state index is 13.3. The van der Waals surface area contributed by atoms with Crippen LogP contribution in [0.2, 0.25) is 0 Å².